The van der Waals surface area contributed by atoms with E-state index in [-0.39, 0.29) is 10.7 Å². The number of amides is 2. The Morgan fingerprint density at radius 2 is 1.77 bits per heavy atom. The Morgan fingerprint density at radius 1 is 1.07 bits per heavy atom. The van der Waals surface area contributed by atoms with Crippen molar-refractivity contribution < 1.29 is 23.9 Å². The lowest BCUT2D eigenvalue weighted by Crippen LogP contribution is -2.32. The molecule has 1 N–H and O–H groups in total. The summed E-state index contributed by atoms with van der Waals surface area (Å²) in [5.74, 6) is -1.29. The third-order valence-electron chi connectivity index (χ3n) is 4.47. The highest BCUT2D eigenvalue weighted by Gasteiger charge is 2.40. The van der Waals surface area contributed by atoms with Gasteiger partial charge in [-0.3, -0.25) is 9.59 Å². The van der Waals surface area contributed by atoms with E-state index in [0.717, 1.165) is 17.7 Å². The van der Waals surface area contributed by atoms with Gasteiger partial charge in [0, 0.05) is 5.69 Å². The first-order chi connectivity index (χ1) is 14.5. The molecule has 2 aromatic carbocycles. The first-order valence-corrected chi connectivity index (χ1v) is 9.81. The maximum Gasteiger partial charge on any atom is 0.338 e. The minimum Gasteiger partial charge on any atom is -0.495 e. The molecule has 0 atom stereocenters. The molecule has 3 rings (SSSR count). The van der Waals surface area contributed by atoms with Gasteiger partial charge in [-0.1, -0.05) is 37.1 Å². The zero-order valence-corrected chi connectivity index (χ0v) is 17.4. The summed E-state index contributed by atoms with van der Waals surface area (Å²) in [6.07, 6.45) is 1.74. The molecule has 1 heterocycles. The Bertz CT molecular complexity index is 1000. The summed E-state index contributed by atoms with van der Waals surface area (Å²) in [5.41, 5.74) is 1.14. The van der Waals surface area contributed by atoms with Crippen molar-refractivity contribution in [1.82, 2.24) is 0 Å². The van der Waals surface area contributed by atoms with Crippen LogP contribution in [-0.2, 0) is 14.3 Å². The Hall–Kier alpha value is -3.32. The van der Waals surface area contributed by atoms with Crippen LogP contribution in [0.25, 0.3) is 0 Å². The number of esters is 1. The maximum absolute atomic E-state index is 12.9. The number of imide groups is 1. The molecule has 2 aromatic rings. The molecule has 2 amide bonds. The molecule has 0 unspecified atom stereocenters. The van der Waals surface area contributed by atoms with Gasteiger partial charge in [0.25, 0.3) is 11.8 Å². The quantitative estimate of drug-likeness (QED) is 0.387. The fourth-order valence-electron chi connectivity index (χ4n) is 2.87. The number of ether oxygens (including phenoxy) is 2. The van der Waals surface area contributed by atoms with Gasteiger partial charge in [-0.05, 0) is 42.8 Å². The van der Waals surface area contributed by atoms with Crippen LogP contribution in [0.15, 0.2) is 59.3 Å². The van der Waals surface area contributed by atoms with Crippen LogP contribution in [0.3, 0.4) is 0 Å². The monoisotopic (exact) mass is 428 g/mol. The van der Waals surface area contributed by atoms with Crippen LogP contribution in [0, 0.1) is 0 Å². The number of benzene rings is 2. The van der Waals surface area contributed by atoms with Crippen molar-refractivity contribution in [3.63, 3.8) is 0 Å². The van der Waals surface area contributed by atoms with Crippen LogP contribution in [0.1, 0.15) is 30.1 Å². The smallest absolute Gasteiger partial charge is 0.338 e. The van der Waals surface area contributed by atoms with Gasteiger partial charge in [-0.2, -0.15) is 0 Å². The number of nitrogens with one attached hydrogen (secondary N) is 1. The number of anilines is 2. The number of carbonyl (C=O) groups excluding carboxylic acids is 3. The largest absolute Gasteiger partial charge is 0.495 e. The molecule has 1 aliphatic rings. The summed E-state index contributed by atoms with van der Waals surface area (Å²) in [6, 6.07) is 13.0. The highest BCUT2D eigenvalue weighted by molar-refractivity contribution is 6.53. The second kappa shape index (κ2) is 9.45. The second-order valence-electron chi connectivity index (χ2n) is 6.50. The summed E-state index contributed by atoms with van der Waals surface area (Å²) in [6.45, 7) is 2.38. The molecule has 0 saturated carbocycles. The van der Waals surface area contributed by atoms with E-state index in [4.69, 9.17) is 21.1 Å². The van der Waals surface area contributed by atoms with Gasteiger partial charge < -0.3 is 14.8 Å². The number of halogens is 1. The Morgan fingerprint density at radius 3 is 2.43 bits per heavy atom. The van der Waals surface area contributed by atoms with Crippen LogP contribution < -0.4 is 15.0 Å². The summed E-state index contributed by atoms with van der Waals surface area (Å²) in [7, 11) is 1.45. The molecule has 0 radical (unpaired) electrons. The molecule has 7 nitrogen and oxygen atoms in total. The second-order valence-corrected chi connectivity index (χ2v) is 6.88. The SMILES string of the molecule is CCCCOC(=O)c1ccc(NC2=C(Cl)C(=O)N(c3ccccc3OC)C2=O)cc1. The average Bonchev–Trinajstić information content (AvgIpc) is 2.97. The number of hydrogen-bond acceptors (Lipinski definition) is 6. The fraction of sp³-hybridized carbons (Fsp3) is 0.227. The predicted molar refractivity (Wildman–Crippen MR) is 114 cm³/mol. The number of hydrogen-bond donors (Lipinski definition) is 1. The molecule has 8 heteroatoms. The third kappa shape index (κ3) is 4.31. The van der Waals surface area contributed by atoms with E-state index in [1.165, 1.54) is 7.11 Å². The van der Waals surface area contributed by atoms with E-state index in [9.17, 15) is 14.4 Å². The van der Waals surface area contributed by atoms with Gasteiger partial charge in [-0.15, -0.1) is 0 Å². The van der Waals surface area contributed by atoms with Crippen LogP contribution in [-0.4, -0.2) is 31.5 Å². The predicted octanol–water partition coefficient (Wildman–Crippen LogP) is 4.09. The van der Waals surface area contributed by atoms with Crippen molar-refractivity contribution in [3.8, 4) is 5.75 Å². The molecule has 0 aromatic heterocycles. The minimum absolute atomic E-state index is 0.0501. The van der Waals surface area contributed by atoms with Gasteiger partial charge in [0.2, 0.25) is 0 Å². The standard InChI is InChI=1S/C22H21ClN2O5/c1-3-4-13-30-22(28)14-9-11-15(12-10-14)24-19-18(23)20(26)25(21(19)27)16-7-5-6-8-17(16)29-2/h5-12,24H,3-4,13H2,1-2H3. The third-order valence-corrected chi connectivity index (χ3v) is 4.83. The zero-order chi connectivity index (χ0) is 21.7. The van der Waals surface area contributed by atoms with Gasteiger partial charge in [-0.25, -0.2) is 9.69 Å². The number of methoxy groups -OCH3 is 1. The molecule has 0 bridgehead atoms. The van der Waals surface area contributed by atoms with Gasteiger partial charge in [0.1, 0.15) is 16.5 Å². The van der Waals surface area contributed by atoms with Crippen LogP contribution in [0.2, 0.25) is 0 Å². The van der Waals surface area contributed by atoms with Crippen LogP contribution in [0.4, 0.5) is 11.4 Å². The van der Waals surface area contributed by atoms with Crippen LogP contribution in [0.5, 0.6) is 5.75 Å². The maximum atomic E-state index is 12.9. The topological polar surface area (TPSA) is 84.9 Å². The minimum atomic E-state index is -0.648. The Kier molecular flexibility index (Phi) is 6.74. The van der Waals surface area contributed by atoms with E-state index in [1.807, 2.05) is 6.92 Å². The van der Waals surface area contributed by atoms with Crippen molar-refractivity contribution in [2.45, 2.75) is 19.8 Å². The normalized spacial score (nSPS) is 13.6. The highest BCUT2D eigenvalue weighted by Crippen LogP contribution is 2.35. The van der Waals surface area contributed by atoms with Crippen molar-refractivity contribution >= 4 is 40.8 Å². The Labute approximate surface area is 179 Å². The molecule has 0 saturated heterocycles. The Balaban J connectivity index is 1.76. The summed E-state index contributed by atoms with van der Waals surface area (Å²) < 4.78 is 10.4. The van der Waals surface area contributed by atoms with E-state index in [0.29, 0.717) is 29.3 Å². The summed E-state index contributed by atoms with van der Waals surface area (Å²) in [4.78, 5) is 38.5. The average molecular weight is 429 g/mol. The van der Waals surface area contributed by atoms with Crippen LogP contribution >= 0.6 is 11.6 Å². The highest BCUT2D eigenvalue weighted by atomic mass is 35.5. The number of rotatable bonds is 8. The number of nitrogens with zero attached hydrogens (tertiary/aromatic N) is 1. The van der Waals surface area contributed by atoms with E-state index >= 15 is 0 Å². The van der Waals surface area contributed by atoms with Gasteiger partial charge in [0.05, 0.1) is 25.0 Å². The fourth-order valence-corrected chi connectivity index (χ4v) is 3.08. The van der Waals surface area contributed by atoms with Crippen molar-refractivity contribution in [1.29, 1.82) is 0 Å². The van der Waals surface area contributed by atoms with Gasteiger partial charge in [0.15, 0.2) is 0 Å². The first kappa shape index (κ1) is 21.4. The lowest BCUT2D eigenvalue weighted by molar-refractivity contribution is -0.120. The van der Waals surface area contributed by atoms with Gasteiger partial charge >= 0.3 is 5.97 Å². The number of carbonyl (C=O) groups is 3. The zero-order valence-electron chi connectivity index (χ0n) is 16.6. The van der Waals surface area contributed by atoms with Crippen molar-refractivity contribution in [3.05, 3.63) is 64.8 Å². The number of para-hydroxylation sites is 2. The van der Waals surface area contributed by atoms with E-state index in [2.05, 4.69) is 5.32 Å². The molecule has 0 fully saturated rings. The first-order valence-electron chi connectivity index (χ1n) is 9.43. The molecule has 30 heavy (non-hydrogen) atoms. The van der Waals surface area contributed by atoms with Crippen molar-refractivity contribution in [2.24, 2.45) is 0 Å². The molecular weight excluding hydrogens is 408 g/mol. The lowest BCUT2D eigenvalue weighted by atomic mass is 10.2. The summed E-state index contributed by atoms with van der Waals surface area (Å²) in [5, 5.41) is 2.64. The van der Waals surface area contributed by atoms with E-state index < -0.39 is 17.8 Å². The lowest BCUT2D eigenvalue weighted by Gasteiger charge is -2.17. The molecule has 0 spiro atoms. The number of unbranched alkanes of at least 4 members (excludes halogenated alkanes) is 1. The van der Waals surface area contributed by atoms with E-state index in [1.54, 1.807) is 48.5 Å². The molecular formula is C22H21ClN2O5. The molecule has 1 aliphatic heterocycles. The molecule has 156 valence electrons. The van der Waals surface area contributed by atoms with Crippen molar-refractivity contribution in [2.75, 3.05) is 23.9 Å². The summed E-state index contributed by atoms with van der Waals surface area (Å²) >= 11 is 6.16. The molecule has 0 aliphatic carbocycles.